The Morgan fingerprint density at radius 2 is 0.889 bits per heavy atom. The summed E-state index contributed by atoms with van der Waals surface area (Å²) >= 11 is 12.4. The summed E-state index contributed by atoms with van der Waals surface area (Å²) in [6.45, 7) is 6.41. The van der Waals surface area contributed by atoms with Crippen LogP contribution in [0.5, 0.6) is 11.5 Å². The molecule has 7 aromatic carbocycles. The standard InChI is InChI=1S/C52H45Cl2N5O4/c1-36-8-24-45(25-9-36)58-49(38-12-20-42(53)21-13-38)55-62-51(58)40-16-28-47(29-17-40)60-34-32-57(44-6-4-3-5-7-44)33-35-61-48-30-18-41(19-31-48)52-59(46-26-10-37(2)11-27-46)50(56-63-52)39-14-22-43(54)23-15-39/h3-31,51-52H,32-35H2,1-2H3. The van der Waals surface area contributed by atoms with Crippen LogP contribution >= 0.6 is 23.2 Å². The van der Waals surface area contributed by atoms with Gasteiger partial charge in [0.05, 0.1) is 13.1 Å². The van der Waals surface area contributed by atoms with Crippen molar-refractivity contribution in [3.05, 3.63) is 219 Å². The number of nitrogens with zero attached hydrogens (tertiary/aromatic N) is 5. The molecule has 2 aliphatic heterocycles. The quantitative estimate of drug-likeness (QED) is 0.102. The normalized spacial score (nSPS) is 15.6. The van der Waals surface area contributed by atoms with E-state index in [0.717, 1.165) is 50.8 Å². The van der Waals surface area contributed by atoms with Gasteiger partial charge in [0.2, 0.25) is 12.5 Å². The number of hydrogen-bond acceptors (Lipinski definition) is 9. The number of amidine groups is 2. The summed E-state index contributed by atoms with van der Waals surface area (Å²) in [4.78, 5) is 18.6. The summed E-state index contributed by atoms with van der Waals surface area (Å²) in [5.41, 5.74) is 9.10. The van der Waals surface area contributed by atoms with E-state index in [1.807, 2.05) is 115 Å². The van der Waals surface area contributed by atoms with Gasteiger partial charge in [0.1, 0.15) is 24.7 Å². The van der Waals surface area contributed by atoms with Gasteiger partial charge in [-0.1, -0.05) is 87.1 Å². The zero-order valence-corrected chi connectivity index (χ0v) is 36.4. The van der Waals surface area contributed by atoms with E-state index in [1.165, 1.54) is 11.1 Å². The molecular weight excluding hydrogens is 830 g/mol. The molecule has 2 heterocycles. The minimum atomic E-state index is -0.455. The Morgan fingerprint density at radius 3 is 1.29 bits per heavy atom. The number of anilines is 3. The summed E-state index contributed by atoms with van der Waals surface area (Å²) < 4.78 is 12.6. The van der Waals surface area contributed by atoms with Crippen LogP contribution < -0.4 is 24.2 Å². The van der Waals surface area contributed by atoms with E-state index in [2.05, 4.69) is 99.5 Å². The number of ether oxygens (including phenoxy) is 2. The lowest BCUT2D eigenvalue weighted by molar-refractivity contribution is 0.0867. The molecular formula is C52H45Cl2N5O4. The van der Waals surface area contributed by atoms with Gasteiger partial charge in [-0.05, 0) is 147 Å². The van der Waals surface area contributed by atoms with E-state index in [1.54, 1.807) is 0 Å². The molecule has 0 radical (unpaired) electrons. The number of aryl methyl sites for hydroxylation is 2. The molecule has 0 saturated carbocycles. The molecule has 63 heavy (non-hydrogen) atoms. The van der Waals surface area contributed by atoms with Gasteiger partial charge in [0, 0.05) is 49.4 Å². The number of oxime groups is 2. The fourth-order valence-corrected chi connectivity index (χ4v) is 7.80. The second-order valence-electron chi connectivity index (χ2n) is 15.3. The SMILES string of the molecule is Cc1ccc(N2C(c3ccc(Cl)cc3)=NOC2c2ccc(OCCN(CCOc3ccc(C4ON=C(c5ccc(Cl)cc5)N4c4ccc(C)cc4)cc3)c3ccccc3)cc2)cc1. The van der Waals surface area contributed by atoms with Crippen LogP contribution in [0.2, 0.25) is 10.0 Å². The number of rotatable bonds is 15. The second kappa shape index (κ2) is 19.0. The lowest BCUT2D eigenvalue weighted by Gasteiger charge is -2.26. The molecule has 0 N–H and O–H groups in total. The average molecular weight is 875 g/mol. The third-order valence-corrected chi connectivity index (χ3v) is 11.4. The summed E-state index contributed by atoms with van der Waals surface area (Å²) in [6.07, 6.45) is -0.910. The lowest BCUT2D eigenvalue weighted by atomic mass is 10.1. The van der Waals surface area contributed by atoms with E-state index in [-0.39, 0.29) is 0 Å². The average Bonchev–Trinajstić information content (AvgIpc) is 3.96. The van der Waals surface area contributed by atoms with Crippen molar-refractivity contribution in [3.8, 4) is 11.5 Å². The van der Waals surface area contributed by atoms with Crippen LogP contribution in [0.1, 0.15) is 45.8 Å². The molecule has 7 aromatic rings. The Hall–Kier alpha value is -6.94. The molecule has 9 nitrogen and oxygen atoms in total. The molecule has 2 atom stereocenters. The molecule has 2 unspecified atom stereocenters. The summed E-state index contributed by atoms with van der Waals surface area (Å²) in [7, 11) is 0. The maximum Gasteiger partial charge on any atom is 0.231 e. The van der Waals surface area contributed by atoms with Gasteiger partial charge in [-0.2, -0.15) is 0 Å². The number of benzene rings is 7. The Balaban J connectivity index is 0.823. The molecule has 0 fully saturated rings. The molecule has 0 saturated heterocycles. The van der Waals surface area contributed by atoms with E-state index < -0.39 is 12.5 Å². The second-order valence-corrected chi connectivity index (χ2v) is 16.2. The van der Waals surface area contributed by atoms with E-state index >= 15 is 0 Å². The van der Waals surface area contributed by atoms with Crippen molar-refractivity contribution >= 4 is 51.9 Å². The molecule has 0 aromatic heterocycles. The Bertz CT molecular complexity index is 2490. The first-order chi connectivity index (χ1) is 30.9. The molecule has 9 rings (SSSR count). The Labute approximate surface area is 377 Å². The van der Waals surface area contributed by atoms with Crippen LogP contribution in [0.15, 0.2) is 186 Å². The number of para-hydroxylation sites is 1. The predicted octanol–water partition coefficient (Wildman–Crippen LogP) is 12.4. The Morgan fingerprint density at radius 1 is 0.492 bits per heavy atom. The minimum absolute atomic E-state index is 0.455. The van der Waals surface area contributed by atoms with E-state index in [9.17, 15) is 0 Å². The fraction of sp³-hybridized carbons (Fsp3) is 0.154. The topological polar surface area (TPSA) is 71.4 Å². The van der Waals surface area contributed by atoms with Crippen molar-refractivity contribution in [2.75, 3.05) is 41.0 Å². The molecule has 316 valence electrons. The first kappa shape index (κ1) is 41.4. The highest BCUT2D eigenvalue weighted by Gasteiger charge is 2.35. The van der Waals surface area contributed by atoms with Gasteiger partial charge in [0.25, 0.3) is 0 Å². The van der Waals surface area contributed by atoms with Gasteiger partial charge in [-0.25, -0.2) is 0 Å². The third-order valence-electron chi connectivity index (χ3n) is 10.9. The smallest absolute Gasteiger partial charge is 0.231 e. The van der Waals surface area contributed by atoms with Crippen LogP contribution in [-0.4, -0.2) is 38.0 Å². The lowest BCUT2D eigenvalue weighted by Crippen LogP contribution is -2.32. The van der Waals surface area contributed by atoms with Crippen LogP contribution in [0, 0.1) is 13.8 Å². The molecule has 0 spiro atoms. The molecule has 0 amide bonds. The van der Waals surface area contributed by atoms with Crippen LogP contribution in [0.4, 0.5) is 17.1 Å². The largest absolute Gasteiger partial charge is 0.492 e. The molecule has 0 bridgehead atoms. The monoisotopic (exact) mass is 873 g/mol. The Kier molecular flexibility index (Phi) is 12.5. The third kappa shape index (κ3) is 9.60. The van der Waals surface area contributed by atoms with Crippen molar-refractivity contribution in [1.82, 2.24) is 0 Å². The van der Waals surface area contributed by atoms with Crippen LogP contribution in [-0.2, 0) is 9.68 Å². The van der Waals surface area contributed by atoms with Gasteiger partial charge in [-0.3, -0.25) is 9.80 Å². The van der Waals surface area contributed by atoms with Gasteiger partial charge >= 0.3 is 0 Å². The first-order valence-corrected chi connectivity index (χ1v) is 21.6. The van der Waals surface area contributed by atoms with E-state index in [0.29, 0.717) is 48.0 Å². The maximum atomic E-state index is 6.31. The van der Waals surface area contributed by atoms with Gasteiger partial charge in [-0.15, -0.1) is 0 Å². The fourth-order valence-electron chi connectivity index (χ4n) is 7.55. The maximum absolute atomic E-state index is 6.31. The van der Waals surface area contributed by atoms with Gasteiger partial charge < -0.3 is 24.0 Å². The van der Waals surface area contributed by atoms with Crippen LogP contribution in [0.3, 0.4) is 0 Å². The zero-order valence-electron chi connectivity index (χ0n) is 34.9. The number of hydrogen-bond donors (Lipinski definition) is 0. The summed E-state index contributed by atoms with van der Waals surface area (Å²) in [5.74, 6) is 2.96. The minimum Gasteiger partial charge on any atom is -0.492 e. The predicted molar refractivity (Wildman–Crippen MR) is 253 cm³/mol. The highest BCUT2D eigenvalue weighted by Crippen LogP contribution is 2.38. The first-order valence-electron chi connectivity index (χ1n) is 20.8. The number of halogens is 2. The van der Waals surface area contributed by atoms with Crippen molar-refractivity contribution < 1.29 is 19.1 Å². The van der Waals surface area contributed by atoms with E-state index in [4.69, 9.17) is 42.4 Å². The highest BCUT2D eigenvalue weighted by molar-refractivity contribution is 6.31. The molecule has 11 heteroatoms. The molecule has 0 aliphatic carbocycles. The zero-order chi connectivity index (χ0) is 43.1. The van der Waals surface area contributed by atoms with Crippen molar-refractivity contribution in [3.63, 3.8) is 0 Å². The summed E-state index contributed by atoms with van der Waals surface area (Å²) in [6, 6.07) is 58.3. The highest BCUT2D eigenvalue weighted by atomic mass is 35.5. The van der Waals surface area contributed by atoms with Crippen LogP contribution in [0.25, 0.3) is 0 Å². The van der Waals surface area contributed by atoms with Crippen molar-refractivity contribution in [1.29, 1.82) is 0 Å². The molecule has 2 aliphatic rings. The summed E-state index contributed by atoms with van der Waals surface area (Å²) in [5, 5.41) is 10.4. The van der Waals surface area contributed by atoms with Crippen molar-refractivity contribution in [2.24, 2.45) is 10.3 Å². The van der Waals surface area contributed by atoms with Gasteiger partial charge in [0.15, 0.2) is 11.7 Å². The van der Waals surface area contributed by atoms with Crippen molar-refractivity contribution in [2.45, 2.75) is 26.3 Å².